The van der Waals surface area contributed by atoms with E-state index in [1.54, 1.807) is 0 Å². The van der Waals surface area contributed by atoms with E-state index in [4.69, 9.17) is 15.9 Å². The molecule has 5 N–H and O–H groups in total. The van der Waals surface area contributed by atoms with E-state index in [2.05, 4.69) is 32.1 Å². The van der Waals surface area contributed by atoms with Crippen LogP contribution in [-0.2, 0) is 0 Å². The Balaban J connectivity index is 2.11. The molecule has 1 aromatic rings. The highest BCUT2D eigenvalue weighted by Gasteiger charge is 2.25. The van der Waals surface area contributed by atoms with Crippen LogP contribution in [0.1, 0.15) is 6.42 Å². The lowest BCUT2D eigenvalue weighted by molar-refractivity contribution is 0.170. The van der Waals surface area contributed by atoms with E-state index in [1.165, 1.54) is 0 Å². The zero-order valence-electron chi connectivity index (χ0n) is 12.4. The maximum atomic E-state index is 9.15. The molecule has 21 heavy (non-hydrogen) atoms. The summed E-state index contributed by atoms with van der Waals surface area (Å²) in [5, 5.41) is 21.0. The van der Waals surface area contributed by atoms with E-state index < -0.39 is 0 Å². The summed E-state index contributed by atoms with van der Waals surface area (Å²) >= 11 is 0. The van der Waals surface area contributed by atoms with Gasteiger partial charge in [0.1, 0.15) is 11.6 Å². The number of nitrogens with one attached hydrogen (secondary N) is 1. The van der Waals surface area contributed by atoms with Crippen molar-refractivity contribution in [1.82, 2.24) is 14.9 Å². The van der Waals surface area contributed by atoms with Gasteiger partial charge in [-0.05, 0) is 13.5 Å². The molecule has 1 unspecified atom stereocenters. The summed E-state index contributed by atoms with van der Waals surface area (Å²) in [5.74, 6) is 1.61. The second-order valence-electron chi connectivity index (χ2n) is 5.21. The number of nitrogens with two attached hydrogens (primary N) is 1. The van der Waals surface area contributed by atoms with Gasteiger partial charge in [0.05, 0.1) is 6.61 Å². The molecular weight excluding hydrogens is 272 g/mol. The van der Waals surface area contributed by atoms with Gasteiger partial charge >= 0.3 is 0 Å². The number of anilines is 3. The molecule has 8 nitrogen and oxygen atoms in total. The molecule has 0 aliphatic carbocycles. The van der Waals surface area contributed by atoms with Crippen molar-refractivity contribution in [1.29, 1.82) is 0 Å². The van der Waals surface area contributed by atoms with Crippen LogP contribution in [0.25, 0.3) is 0 Å². The third kappa shape index (κ3) is 4.16. The minimum atomic E-state index is 0.0341. The molecule has 1 aliphatic heterocycles. The standard InChI is InChI=1S/C13H24N6O2/c1-18-4-5-19(9-10(18)2-6-20)12-8-11(15-3-7-21)16-13(14)17-12/h8,10,20-21H,2-7,9H2,1H3,(H3,14,15,16,17). The van der Waals surface area contributed by atoms with Crippen LogP contribution in [0.4, 0.5) is 17.6 Å². The van der Waals surface area contributed by atoms with Gasteiger partial charge in [-0.3, -0.25) is 4.90 Å². The molecular formula is C13H24N6O2. The molecule has 0 bridgehead atoms. The van der Waals surface area contributed by atoms with Gasteiger partial charge in [0, 0.05) is 44.9 Å². The second-order valence-corrected chi connectivity index (χ2v) is 5.21. The molecule has 1 aliphatic rings. The first-order valence-corrected chi connectivity index (χ1v) is 7.19. The van der Waals surface area contributed by atoms with Crippen molar-refractivity contribution in [3.63, 3.8) is 0 Å². The summed E-state index contributed by atoms with van der Waals surface area (Å²) < 4.78 is 0. The predicted molar refractivity (Wildman–Crippen MR) is 82.4 cm³/mol. The zero-order valence-corrected chi connectivity index (χ0v) is 12.4. The SMILES string of the molecule is CN1CCN(c2cc(NCCO)nc(N)n2)CC1CCO. The van der Waals surface area contributed by atoms with Crippen molar-refractivity contribution in [2.75, 3.05) is 62.4 Å². The number of aliphatic hydroxyl groups is 2. The fraction of sp³-hybridized carbons (Fsp3) is 0.692. The van der Waals surface area contributed by atoms with E-state index in [1.807, 2.05) is 6.07 Å². The average Bonchev–Trinajstić information content (AvgIpc) is 2.47. The van der Waals surface area contributed by atoms with Crippen LogP contribution in [0.5, 0.6) is 0 Å². The molecule has 1 fully saturated rings. The van der Waals surface area contributed by atoms with Gasteiger partial charge < -0.3 is 26.2 Å². The van der Waals surface area contributed by atoms with Gasteiger partial charge in [0.15, 0.2) is 0 Å². The minimum Gasteiger partial charge on any atom is -0.396 e. The summed E-state index contributed by atoms with van der Waals surface area (Å²) in [4.78, 5) is 12.8. The molecule has 8 heteroatoms. The molecule has 118 valence electrons. The number of piperazine rings is 1. The van der Waals surface area contributed by atoms with Crippen LogP contribution >= 0.6 is 0 Å². The molecule has 1 atom stereocenters. The summed E-state index contributed by atoms with van der Waals surface area (Å²) in [7, 11) is 2.07. The van der Waals surface area contributed by atoms with Crippen molar-refractivity contribution >= 4 is 17.6 Å². The van der Waals surface area contributed by atoms with Crippen LogP contribution in [0.15, 0.2) is 6.07 Å². The Morgan fingerprint density at radius 1 is 1.33 bits per heavy atom. The number of hydrogen-bond donors (Lipinski definition) is 4. The van der Waals surface area contributed by atoms with Gasteiger partial charge in [0.2, 0.25) is 5.95 Å². The summed E-state index contributed by atoms with van der Waals surface area (Å²) in [5.41, 5.74) is 5.76. The quantitative estimate of drug-likeness (QED) is 0.527. The lowest BCUT2D eigenvalue weighted by Gasteiger charge is -2.40. The fourth-order valence-corrected chi connectivity index (χ4v) is 2.50. The molecule has 0 amide bonds. The van der Waals surface area contributed by atoms with E-state index in [9.17, 15) is 0 Å². The predicted octanol–water partition coefficient (Wildman–Crippen LogP) is -1.03. The van der Waals surface area contributed by atoms with Crippen molar-refractivity contribution in [2.45, 2.75) is 12.5 Å². The molecule has 2 rings (SSSR count). The van der Waals surface area contributed by atoms with Crippen LogP contribution in [-0.4, -0.2) is 77.6 Å². The van der Waals surface area contributed by atoms with Gasteiger partial charge in [-0.15, -0.1) is 0 Å². The van der Waals surface area contributed by atoms with Crippen LogP contribution in [0.3, 0.4) is 0 Å². The van der Waals surface area contributed by atoms with Gasteiger partial charge in [-0.2, -0.15) is 9.97 Å². The smallest absolute Gasteiger partial charge is 0.223 e. The number of nitrogens with zero attached hydrogens (tertiary/aromatic N) is 4. The van der Waals surface area contributed by atoms with Gasteiger partial charge in [-0.1, -0.05) is 0 Å². The Morgan fingerprint density at radius 3 is 2.86 bits per heavy atom. The van der Waals surface area contributed by atoms with E-state index in [0.717, 1.165) is 31.9 Å². The minimum absolute atomic E-state index is 0.0341. The molecule has 1 aromatic heterocycles. The number of aromatic nitrogens is 2. The van der Waals surface area contributed by atoms with E-state index >= 15 is 0 Å². The Hall–Kier alpha value is -1.64. The number of likely N-dealkylation sites (N-methyl/N-ethyl adjacent to an activating group) is 1. The average molecular weight is 296 g/mol. The summed E-state index contributed by atoms with van der Waals surface area (Å²) in [6.07, 6.45) is 0.739. The number of rotatable bonds is 6. The maximum absolute atomic E-state index is 9.15. The molecule has 0 aromatic carbocycles. The topological polar surface area (TPSA) is 111 Å². The van der Waals surface area contributed by atoms with Crippen molar-refractivity contribution in [2.24, 2.45) is 0 Å². The largest absolute Gasteiger partial charge is 0.396 e. The van der Waals surface area contributed by atoms with Crippen LogP contribution in [0.2, 0.25) is 0 Å². The Morgan fingerprint density at radius 2 is 2.14 bits per heavy atom. The Kier molecular flexibility index (Phi) is 5.54. The van der Waals surface area contributed by atoms with Crippen molar-refractivity contribution in [3.05, 3.63) is 6.07 Å². The third-order valence-corrected chi connectivity index (χ3v) is 3.71. The lowest BCUT2D eigenvalue weighted by Crippen LogP contribution is -2.52. The first kappa shape index (κ1) is 15.7. The molecule has 0 radical (unpaired) electrons. The summed E-state index contributed by atoms with van der Waals surface area (Å²) in [6, 6.07) is 2.14. The number of hydrogen-bond acceptors (Lipinski definition) is 8. The van der Waals surface area contributed by atoms with Crippen LogP contribution < -0.4 is 16.0 Å². The monoisotopic (exact) mass is 296 g/mol. The first-order chi connectivity index (χ1) is 10.1. The normalized spacial score (nSPS) is 19.8. The molecule has 0 saturated carbocycles. The lowest BCUT2D eigenvalue weighted by atomic mass is 10.1. The van der Waals surface area contributed by atoms with Gasteiger partial charge in [0.25, 0.3) is 0 Å². The van der Waals surface area contributed by atoms with Crippen LogP contribution in [0, 0.1) is 0 Å². The molecule has 0 spiro atoms. The zero-order chi connectivity index (χ0) is 15.2. The van der Waals surface area contributed by atoms with E-state index in [0.29, 0.717) is 18.4 Å². The first-order valence-electron chi connectivity index (χ1n) is 7.19. The van der Waals surface area contributed by atoms with Gasteiger partial charge in [-0.25, -0.2) is 0 Å². The number of nitrogen functional groups attached to an aromatic ring is 1. The second kappa shape index (κ2) is 7.39. The maximum Gasteiger partial charge on any atom is 0.223 e. The van der Waals surface area contributed by atoms with Crippen molar-refractivity contribution in [3.8, 4) is 0 Å². The van der Waals surface area contributed by atoms with E-state index in [-0.39, 0.29) is 19.2 Å². The summed E-state index contributed by atoms with van der Waals surface area (Å²) in [6.45, 7) is 3.20. The molecule has 1 saturated heterocycles. The fourth-order valence-electron chi connectivity index (χ4n) is 2.50. The van der Waals surface area contributed by atoms with Crippen molar-refractivity contribution < 1.29 is 10.2 Å². The highest BCUT2D eigenvalue weighted by Crippen LogP contribution is 2.21. The molecule has 2 heterocycles. The highest BCUT2D eigenvalue weighted by molar-refractivity contribution is 5.53. The third-order valence-electron chi connectivity index (χ3n) is 3.71. The highest BCUT2D eigenvalue weighted by atomic mass is 16.3. The number of aliphatic hydroxyl groups excluding tert-OH is 2. The Labute approximate surface area is 124 Å². The Bertz CT molecular complexity index is 458.